The Kier molecular flexibility index (Phi) is 3.75. The second-order valence-corrected chi connectivity index (χ2v) is 6.22. The molecule has 3 aromatic heterocycles. The lowest BCUT2D eigenvalue weighted by molar-refractivity contribution is 0.197. The first-order valence-corrected chi connectivity index (χ1v) is 8.08. The Labute approximate surface area is 135 Å². The van der Waals surface area contributed by atoms with Gasteiger partial charge in [-0.25, -0.2) is 9.50 Å². The average molecular weight is 308 g/mol. The van der Waals surface area contributed by atoms with Gasteiger partial charge >= 0.3 is 0 Å². The molecule has 1 fully saturated rings. The summed E-state index contributed by atoms with van der Waals surface area (Å²) in [6, 6.07) is 6.34. The second-order valence-electron chi connectivity index (χ2n) is 6.22. The van der Waals surface area contributed by atoms with Crippen molar-refractivity contribution in [2.75, 3.05) is 13.1 Å². The third-order valence-electron chi connectivity index (χ3n) is 4.49. The summed E-state index contributed by atoms with van der Waals surface area (Å²) in [6.45, 7) is 5.18. The highest BCUT2D eigenvalue weighted by atomic mass is 15.3. The molecule has 0 radical (unpaired) electrons. The maximum Gasteiger partial charge on any atom is 0.252 e. The Balaban J connectivity index is 1.58. The molecule has 1 unspecified atom stereocenters. The number of pyridine rings is 1. The third-order valence-corrected chi connectivity index (χ3v) is 4.49. The van der Waals surface area contributed by atoms with Gasteiger partial charge in [-0.3, -0.25) is 9.88 Å². The summed E-state index contributed by atoms with van der Waals surface area (Å²) in [5, 5.41) is 4.36. The largest absolute Gasteiger partial charge is 0.298 e. The number of likely N-dealkylation sites (tertiary alicyclic amines) is 1. The van der Waals surface area contributed by atoms with E-state index in [1.165, 1.54) is 24.1 Å². The summed E-state index contributed by atoms with van der Waals surface area (Å²) in [5.41, 5.74) is 3.55. The van der Waals surface area contributed by atoms with Crippen molar-refractivity contribution < 1.29 is 0 Å². The van der Waals surface area contributed by atoms with Gasteiger partial charge in [-0.2, -0.15) is 10.1 Å². The zero-order valence-electron chi connectivity index (χ0n) is 13.3. The van der Waals surface area contributed by atoms with Crippen molar-refractivity contribution in [3.8, 4) is 0 Å². The number of piperidine rings is 1. The van der Waals surface area contributed by atoms with Crippen molar-refractivity contribution in [2.24, 2.45) is 0 Å². The summed E-state index contributed by atoms with van der Waals surface area (Å²) in [5.74, 6) is 1.17. The smallest absolute Gasteiger partial charge is 0.252 e. The van der Waals surface area contributed by atoms with Crippen LogP contribution < -0.4 is 0 Å². The SMILES string of the molecule is Cc1cc(C2CCCN(Cc3ccncc3)C2)n2ncnc2n1. The fourth-order valence-corrected chi connectivity index (χ4v) is 3.44. The number of nitrogens with zero attached hydrogens (tertiary/aromatic N) is 6. The summed E-state index contributed by atoms with van der Waals surface area (Å²) < 4.78 is 1.90. The van der Waals surface area contributed by atoms with Gasteiger partial charge in [0.25, 0.3) is 5.78 Å². The lowest BCUT2D eigenvalue weighted by atomic mass is 9.94. The molecule has 1 aliphatic rings. The van der Waals surface area contributed by atoms with Gasteiger partial charge in [0.1, 0.15) is 6.33 Å². The molecule has 6 heteroatoms. The lowest BCUT2D eigenvalue weighted by Gasteiger charge is -2.33. The number of hydrogen-bond donors (Lipinski definition) is 0. The van der Waals surface area contributed by atoms with Crippen molar-refractivity contribution in [3.63, 3.8) is 0 Å². The topological polar surface area (TPSA) is 59.2 Å². The minimum absolute atomic E-state index is 0.469. The van der Waals surface area contributed by atoms with Gasteiger partial charge in [0.05, 0.1) is 5.69 Å². The van der Waals surface area contributed by atoms with Gasteiger partial charge < -0.3 is 0 Å². The second kappa shape index (κ2) is 6.04. The molecule has 1 atom stereocenters. The number of aryl methyl sites for hydroxylation is 1. The molecule has 0 amide bonds. The van der Waals surface area contributed by atoms with Crippen LogP contribution in [0.3, 0.4) is 0 Å². The molecule has 0 aliphatic carbocycles. The van der Waals surface area contributed by atoms with E-state index in [2.05, 4.69) is 43.1 Å². The summed E-state index contributed by atoms with van der Waals surface area (Å²) >= 11 is 0. The van der Waals surface area contributed by atoms with Crippen molar-refractivity contribution in [3.05, 3.63) is 53.9 Å². The van der Waals surface area contributed by atoms with Gasteiger partial charge in [-0.05, 0) is 50.1 Å². The molecule has 23 heavy (non-hydrogen) atoms. The molecule has 4 rings (SSSR count). The van der Waals surface area contributed by atoms with Crippen LogP contribution in [-0.2, 0) is 6.54 Å². The quantitative estimate of drug-likeness (QED) is 0.742. The van der Waals surface area contributed by atoms with Gasteiger partial charge in [-0.1, -0.05) is 0 Å². The highest BCUT2D eigenvalue weighted by Crippen LogP contribution is 2.28. The van der Waals surface area contributed by atoms with Crippen LogP contribution in [0.4, 0.5) is 0 Å². The molecule has 0 saturated carbocycles. The molecule has 0 spiro atoms. The summed E-state index contributed by atoms with van der Waals surface area (Å²) in [6.07, 6.45) is 7.70. The Hall–Kier alpha value is -2.34. The standard InChI is InChI=1S/C17H20N6/c1-13-9-16(23-17(21-13)19-12-20-23)15-3-2-8-22(11-15)10-14-4-6-18-7-5-14/h4-7,9,12,15H,2-3,8,10-11H2,1H3. The van der Waals surface area contributed by atoms with Crippen LogP contribution in [-0.4, -0.2) is 42.6 Å². The molecule has 3 aromatic rings. The van der Waals surface area contributed by atoms with Gasteiger partial charge in [0.15, 0.2) is 0 Å². The van der Waals surface area contributed by atoms with Crippen LogP contribution in [0.2, 0.25) is 0 Å². The highest BCUT2D eigenvalue weighted by Gasteiger charge is 2.24. The van der Waals surface area contributed by atoms with E-state index in [9.17, 15) is 0 Å². The number of aromatic nitrogens is 5. The first-order chi connectivity index (χ1) is 11.3. The third kappa shape index (κ3) is 2.94. The maximum atomic E-state index is 4.45. The van der Waals surface area contributed by atoms with E-state index in [-0.39, 0.29) is 0 Å². The Bertz CT molecular complexity index is 797. The highest BCUT2D eigenvalue weighted by molar-refractivity contribution is 5.31. The molecule has 0 N–H and O–H groups in total. The minimum atomic E-state index is 0.469. The Morgan fingerprint density at radius 2 is 2.13 bits per heavy atom. The van der Waals surface area contributed by atoms with Gasteiger partial charge in [-0.15, -0.1) is 0 Å². The van der Waals surface area contributed by atoms with Gasteiger partial charge in [0, 0.05) is 37.1 Å². The van der Waals surface area contributed by atoms with E-state index in [1.807, 2.05) is 23.8 Å². The molecule has 0 aromatic carbocycles. The normalized spacial score (nSPS) is 19.3. The van der Waals surface area contributed by atoms with E-state index in [4.69, 9.17) is 0 Å². The van der Waals surface area contributed by atoms with Crippen LogP contribution >= 0.6 is 0 Å². The molecular weight excluding hydrogens is 288 g/mol. The van der Waals surface area contributed by atoms with Crippen LogP contribution in [0.25, 0.3) is 5.78 Å². The fraction of sp³-hybridized carbons (Fsp3) is 0.412. The first-order valence-electron chi connectivity index (χ1n) is 8.08. The van der Waals surface area contributed by atoms with Crippen LogP contribution in [0, 0.1) is 6.92 Å². The van der Waals surface area contributed by atoms with E-state index < -0.39 is 0 Å². The first kappa shape index (κ1) is 14.3. The molecular formula is C17H20N6. The monoisotopic (exact) mass is 308 g/mol. The maximum absolute atomic E-state index is 4.45. The zero-order chi connectivity index (χ0) is 15.6. The van der Waals surface area contributed by atoms with E-state index in [0.717, 1.165) is 25.3 Å². The lowest BCUT2D eigenvalue weighted by Crippen LogP contribution is -2.34. The van der Waals surface area contributed by atoms with Crippen molar-refractivity contribution in [1.82, 2.24) is 29.5 Å². The summed E-state index contributed by atoms with van der Waals surface area (Å²) in [7, 11) is 0. The van der Waals surface area contributed by atoms with E-state index >= 15 is 0 Å². The molecule has 4 heterocycles. The van der Waals surface area contributed by atoms with E-state index in [0.29, 0.717) is 11.7 Å². The number of rotatable bonds is 3. The molecule has 6 nitrogen and oxygen atoms in total. The Morgan fingerprint density at radius 3 is 3.00 bits per heavy atom. The van der Waals surface area contributed by atoms with Gasteiger partial charge in [0.2, 0.25) is 0 Å². The summed E-state index contributed by atoms with van der Waals surface area (Å²) in [4.78, 5) is 15.3. The van der Waals surface area contributed by atoms with Crippen molar-refractivity contribution >= 4 is 5.78 Å². The average Bonchev–Trinajstić information content (AvgIpc) is 3.03. The van der Waals surface area contributed by atoms with E-state index in [1.54, 1.807) is 6.33 Å². The van der Waals surface area contributed by atoms with Crippen LogP contribution in [0.15, 0.2) is 36.9 Å². The zero-order valence-corrected chi connectivity index (χ0v) is 13.3. The molecule has 1 saturated heterocycles. The van der Waals surface area contributed by atoms with Crippen LogP contribution in [0.5, 0.6) is 0 Å². The number of fused-ring (bicyclic) bond motifs is 1. The van der Waals surface area contributed by atoms with Crippen molar-refractivity contribution in [1.29, 1.82) is 0 Å². The fourth-order valence-electron chi connectivity index (χ4n) is 3.44. The minimum Gasteiger partial charge on any atom is -0.298 e. The Morgan fingerprint density at radius 1 is 1.26 bits per heavy atom. The molecule has 0 bridgehead atoms. The number of hydrogen-bond acceptors (Lipinski definition) is 5. The van der Waals surface area contributed by atoms with Crippen LogP contribution in [0.1, 0.15) is 35.7 Å². The predicted octanol–water partition coefficient (Wildman–Crippen LogP) is 2.21. The molecule has 1 aliphatic heterocycles. The molecule has 118 valence electrons. The predicted molar refractivity (Wildman–Crippen MR) is 87.0 cm³/mol. The van der Waals surface area contributed by atoms with Crippen molar-refractivity contribution in [2.45, 2.75) is 32.2 Å².